The number of carbonyl (C=O) groups excluding carboxylic acids is 1. The van der Waals surface area contributed by atoms with Crippen LogP contribution in [-0.4, -0.2) is 15.8 Å². The van der Waals surface area contributed by atoms with Gasteiger partial charge in [0.1, 0.15) is 5.75 Å². The van der Waals surface area contributed by atoms with Gasteiger partial charge in [-0.25, -0.2) is 4.98 Å². The molecule has 0 fully saturated rings. The Morgan fingerprint density at radius 3 is 2.30 bits per heavy atom. The van der Waals surface area contributed by atoms with Gasteiger partial charge < -0.3 is 4.74 Å². The number of carbonyl (C=O) groups is 1. The predicted octanol–water partition coefficient (Wildman–Crippen LogP) is 5.68. The van der Waals surface area contributed by atoms with Gasteiger partial charge in [0.2, 0.25) is 5.88 Å². The van der Waals surface area contributed by atoms with Gasteiger partial charge in [-0.3, -0.25) is 4.79 Å². The fourth-order valence-corrected chi connectivity index (χ4v) is 2.87. The van der Waals surface area contributed by atoms with Crippen molar-refractivity contribution in [2.24, 2.45) is 0 Å². The first-order valence-corrected chi connectivity index (χ1v) is 8.88. The zero-order valence-electron chi connectivity index (χ0n) is 14.9. The summed E-state index contributed by atoms with van der Waals surface area (Å²) >= 11 is 0. The highest BCUT2D eigenvalue weighted by Gasteiger charge is 2.11. The Morgan fingerprint density at radius 1 is 0.852 bits per heavy atom. The lowest BCUT2D eigenvalue weighted by atomic mass is 10.1. The monoisotopic (exact) mass is 354 g/mol. The molecular formula is C23H18N2O2. The number of benzene rings is 3. The van der Waals surface area contributed by atoms with Gasteiger partial charge in [0.25, 0.3) is 0 Å². The molecule has 0 unspecified atom stereocenters. The van der Waals surface area contributed by atoms with Crippen molar-refractivity contribution in [1.82, 2.24) is 9.97 Å². The molecule has 27 heavy (non-hydrogen) atoms. The SMILES string of the molecule is CCC(=O)c1ccc(Oc2nc(-c3ccccc3)nc3ccccc23)cc1. The quantitative estimate of drug-likeness (QED) is 0.433. The van der Waals surface area contributed by atoms with Crippen LogP contribution in [0.25, 0.3) is 22.3 Å². The number of hydrogen-bond acceptors (Lipinski definition) is 4. The van der Waals surface area contributed by atoms with E-state index in [1.165, 1.54) is 0 Å². The average Bonchev–Trinajstić information content (AvgIpc) is 2.74. The molecule has 0 saturated heterocycles. The molecule has 1 aromatic heterocycles. The van der Waals surface area contributed by atoms with Crippen LogP contribution in [0.4, 0.5) is 0 Å². The molecule has 0 radical (unpaired) electrons. The highest BCUT2D eigenvalue weighted by atomic mass is 16.5. The third-order valence-electron chi connectivity index (χ3n) is 4.31. The summed E-state index contributed by atoms with van der Waals surface area (Å²) in [5, 5.41) is 0.839. The summed E-state index contributed by atoms with van der Waals surface area (Å²) in [5.41, 5.74) is 2.43. The van der Waals surface area contributed by atoms with E-state index >= 15 is 0 Å². The molecule has 4 heteroatoms. The number of rotatable bonds is 5. The van der Waals surface area contributed by atoms with Crippen molar-refractivity contribution >= 4 is 16.7 Å². The highest BCUT2D eigenvalue weighted by molar-refractivity contribution is 5.96. The number of aromatic nitrogens is 2. The molecule has 1 heterocycles. The Morgan fingerprint density at radius 2 is 1.56 bits per heavy atom. The van der Waals surface area contributed by atoms with Crippen molar-refractivity contribution in [3.05, 3.63) is 84.4 Å². The minimum Gasteiger partial charge on any atom is -0.438 e. The molecule has 0 N–H and O–H groups in total. The fraction of sp³-hybridized carbons (Fsp3) is 0.0870. The van der Waals surface area contributed by atoms with Gasteiger partial charge in [-0.2, -0.15) is 4.98 Å². The molecular weight excluding hydrogens is 336 g/mol. The fourth-order valence-electron chi connectivity index (χ4n) is 2.87. The zero-order valence-corrected chi connectivity index (χ0v) is 14.9. The first-order chi connectivity index (χ1) is 13.2. The predicted molar refractivity (Wildman–Crippen MR) is 106 cm³/mol. The molecule has 0 atom stereocenters. The van der Waals surface area contributed by atoms with Crippen LogP contribution in [0, 0.1) is 0 Å². The van der Waals surface area contributed by atoms with Crippen molar-refractivity contribution in [3.63, 3.8) is 0 Å². The van der Waals surface area contributed by atoms with Crippen LogP contribution in [0.5, 0.6) is 11.6 Å². The Labute approximate surface area is 157 Å². The van der Waals surface area contributed by atoms with E-state index in [-0.39, 0.29) is 5.78 Å². The number of hydrogen-bond donors (Lipinski definition) is 0. The molecule has 3 aromatic carbocycles. The second kappa shape index (κ2) is 7.38. The Hall–Kier alpha value is -3.53. The number of ether oxygens (including phenoxy) is 1. The third-order valence-corrected chi connectivity index (χ3v) is 4.31. The molecule has 4 nitrogen and oxygen atoms in total. The van der Waals surface area contributed by atoms with Gasteiger partial charge >= 0.3 is 0 Å². The second-order valence-electron chi connectivity index (χ2n) is 6.14. The summed E-state index contributed by atoms with van der Waals surface area (Å²) in [6, 6.07) is 24.7. The maximum atomic E-state index is 11.8. The number of ketones is 1. The first-order valence-electron chi connectivity index (χ1n) is 8.88. The van der Waals surface area contributed by atoms with Crippen LogP contribution in [0.15, 0.2) is 78.9 Å². The standard InChI is InChI=1S/C23H18N2O2/c1-2-21(26)16-12-14-18(15-13-16)27-23-19-10-6-7-11-20(19)24-22(25-23)17-8-4-3-5-9-17/h3-15H,2H2,1H3. The van der Waals surface area contributed by atoms with E-state index in [0.29, 0.717) is 29.4 Å². The van der Waals surface area contributed by atoms with Crippen LogP contribution < -0.4 is 4.74 Å². The van der Waals surface area contributed by atoms with Gasteiger partial charge in [0.05, 0.1) is 10.9 Å². The molecule has 4 aromatic rings. The van der Waals surface area contributed by atoms with Gasteiger partial charge in [-0.1, -0.05) is 49.4 Å². The summed E-state index contributed by atoms with van der Waals surface area (Å²) in [5.74, 6) is 1.85. The van der Waals surface area contributed by atoms with Crippen LogP contribution in [0.1, 0.15) is 23.7 Å². The normalized spacial score (nSPS) is 10.7. The second-order valence-corrected chi connectivity index (χ2v) is 6.14. The smallest absolute Gasteiger partial charge is 0.230 e. The summed E-state index contributed by atoms with van der Waals surface area (Å²) in [4.78, 5) is 21.1. The van der Waals surface area contributed by atoms with Crippen molar-refractivity contribution < 1.29 is 9.53 Å². The largest absolute Gasteiger partial charge is 0.438 e. The lowest BCUT2D eigenvalue weighted by Crippen LogP contribution is -1.98. The summed E-state index contributed by atoms with van der Waals surface area (Å²) in [6.07, 6.45) is 0.483. The van der Waals surface area contributed by atoms with E-state index in [0.717, 1.165) is 16.5 Å². The number of nitrogens with zero attached hydrogens (tertiary/aromatic N) is 2. The first kappa shape index (κ1) is 16.9. The Balaban J connectivity index is 1.75. The van der Waals surface area contributed by atoms with Crippen LogP contribution in [-0.2, 0) is 0 Å². The van der Waals surface area contributed by atoms with E-state index in [1.54, 1.807) is 24.3 Å². The number of Topliss-reactive ketones (excluding diaryl/α,β-unsaturated/α-hetero) is 1. The molecule has 0 amide bonds. The van der Waals surface area contributed by atoms with Crippen molar-refractivity contribution in [3.8, 4) is 23.0 Å². The minimum absolute atomic E-state index is 0.111. The average molecular weight is 354 g/mol. The lowest BCUT2D eigenvalue weighted by molar-refractivity contribution is 0.0988. The number of fused-ring (bicyclic) bond motifs is 1. The van der Waals surface area contributed by atoms with Crippen LogP contribution in [0.2, 0.25) is 0 Å². The molecule has 0 bridgehead atoms. The van der Waals surface area contributed by atoms with E-state index in [9.17, 15) is 4.79 Å². The molecule has 0 saturated carbocycles. The molecule has 4 rings (SSSR count). The number of para-hydroxylation sites is 1. The van der Waals surface area contributed by atoms with Crippen molar-refractivity contribution in [2.45, 2.75) is 13.3 Å². The third kappa shape index (κ3) is 3.55. The van der Waals surface area contributed by atoms with Gasteiger partial charge in [0.15, 0.2) is 11.6 Å². The van der Waals surface area contributed by atoms with Crippen LogP contribution >= 0.6 is 0 Å². The topological polar surface area (TPSA) is 52.1 Å². The van der Waals surface area contributed by atoms with E-state index in [2.05, 4.69) is 9.97 Å². The summed E-state index contributed by atoms with van der Waals surface area (Å²) < 4.78 is 6.06. The molecule has 0 aliphatic heterocycles. The van der Waals surface area contributed by atoms with E-state index in [1.807, 2.05) is 61.5 Å². The molecule has 0 aliphatic rings. The maximum Gasteiger partial charge on any atom is 0.230 e. The Bertz CT molecular complexity index is 1090. The van der Waals surface area contributed by atoms with E-state index in [4.69, 9.17) is 4.74 Å². The minimum atomic E-state index is 0.111. The molecule has 0 spiro atoms. The van der Waals surface area contributed by atoms with Crippen molar-refractivity contribution in [2.75, 3.05) is 0 Å². The van der Waals surface area contributed by atoms with Gasteiger partial charge in [0, 0.05) is 17.5 Å². The van der Waals surface area contributed by atoms with E-state index < -0.39 is 0 Å². The lowest BCUT2D eigenvalue weighted by Gasteiger charge is -2.10. The highest BCUT2D eigenvalue weighted by Crippen LogP contribution is 2.30. The zero-order chi connectivity index (χ0) is 18.6. The van der Waals surface area contributed by atoms with Gasteiger partial charge in [-0.15, -0.1) is 0 Å². The van der Waals surface area contributed by atoms with Crippen molar-refractivity contribution in [1.29, 1.82) is 0 Å². The molecule has 0 aliphatic carbocycles. The summed E-state index contributed by atoms with van der Waals surface area (Å²) in [7, 11) is 0. The summed E-state index contributed by atoms with van der Waals surface area (Å²) in [6.45, 7) is 1.85. The Kier molecular flexibility index (Phi) is 4.62. The van der Waals surface area contributed by atoms with Crippen LogP contribution in [0.3, 0.4) is 0 Å². The molecule has 132 valence electrons. The maximum absolute atomic E-state index is 11.8. The van der Waals surface area contributed by atoms with Gasteiger partial charge in [-0.05, 0) is 36.4 Å².